The molecule has 0 radical (unpaired) electrons. The van der Waals surface area contributed by atoms with Crippen molar-refractivity contribution in [2.24, 2.45) is 5.41 Å². The third-order valence-corrected chi connectivity index (χ3v) is 6.61. The molecule has 37 heavy (non-hydrogen) atoms. The first-order valence-electron chi connectivity index (χ1n) is 12.0. The molecule has 1 aliphatic carbocycles. The summed E-state index contributed by atoms with van der Waals surface area (Å²) in [5, 5.41) is 11.6. The Morgan fingerprint density at radius 1 is 1.08 bits per heavy atom. The minimum absolute atomic E-state index is 0. The maximum atomic E-state index is 13.2. The number of hydrogen-bond acceptors (Lipinski definition) is 4. The van der Waals surface area contributed by atoms with E-state index in [1.807, 2.05) is 55.9 Å². The van der Waals surface area contributed by atoms with Gasteiger partial charge in [-0.25, -0.2) is 4.68 Å². The Labute approximate surface area is 227 Å². The lowest BCUT2D eigenvalue weighted by Gasteiger charge is -2.18. The van der Waals surface area contributed by atoms with Crippen molar-refractivity contribution < 1.29 is 9.59 Å². The van der Waals surface area contributed by atoms with Gasteiger partial charge in [0.2, 0.25) is 5.91 Å². The number of nitrogens with one attached hydrogen (secondary N) is 2. The number of fused-ring (bicyclic) bond motifs is 1. The molecule has 7 nitrogen and oxygen atoms in total. The molecule has 1 fully saturated rings. The van der Waals surface area contributed by atoms with Crippen LogP contribution in [0.3, 0.4) is 0 Å². The highest BCUT2D eigenvalue weighted by Gasteiger charge is 2.25. The van der Waals surface area contributed by atoms with Crippen LogP contribution in [0.2, 0.25) is 5.02 Å². The van der Waals surface area contributed by atoms with E-state index in [-0.39, 0.29) is 24.2 Å². The molecule has 5 rings (SSSR count). The van der Waals surface area contributed by atoms with E-state index in [9.17, 15) is 9.59 Å². The highest BCUT2D eigenvalue weighted by atomic mass is 35.5. The summed E-state index contributed by atoms with van der Waals surface area (Å²) in [6.45, 7) is 5.87. The van der Waals surface area contributed by atoms with Gasteiger partial charge in [0.25, 0.3) is 5.91 Å². The summed E-state index contributed by atoms with van der Waals surface area (Å²) in [6, 6.07) is 14.9. The van der Waals surface area contributed by atoms with Crippen molar-refractivity contribution in [1.82, 2.24) is 20.1 Å². The fourth-order valence-corrected chi connectivity index (χ4v) is 4.21. The highest BCUT2D eigenvalue weighted by Crippen LogP contribution is 2.39. The van der Waals surface area contributed by atoms with Crippen molar-refractivity contribution in [2.75, 3.05) is 5.32 Å². The maximum Gasteiger partial charge on any atom is 0.257 e. The number of carbonyl (C=O) groups is 2. The van der Waals surface area contributed by atoms with Crippen molar-refractivity contribution in [3.05, 3.63) is 82.8 Å². The van der Waals surface area contributed by atoms with E-state index < -0.39 is 5.41 Å². The van der Waals surface area contributed by atoms with Gasteiger partial charge in [-0.3, -0.25) is 14.6 Å². The van der Waals surface area contributed by atoms with Gasteiger partial charge in [-0.15, -0.1) is 12.4 Å². The molecule has 0 bridgehead atoms. The predicted molar refractivity (Wildman–Crippen MR) is 149 cm³/mol. The normalized spacial score (nSPS) is 13.2. The number of carbonyl (C=O) groups excluding carboxylic acids is 2. The van der Waals surface area contributed by atoms with Crippen LogP contribution in [0.15, 0.2) is 60.9 Å². The second-order valence-electron chi connectivity index (χ2n) is 10.2. The van der Waals surface area contributed by atoms with Crippen molar-refractivity contribution in [1.29, 1.82) is 0 Å². The molecular formula is C28H29Cl2N5O2. The Hall–Kier alpha value is -3.42. The van der Waals surface area contributed by atoms with Crippen molar-refractivity contribution >= 4 is 52.4 Å². The lowest BCUT2D eigenvalue weighted by molar-refractivity contribution is -0.128. The van der Waals surface area contributed by atoms with Gasteiger partial charge in [0, 0.05) is 29.0 Å². The van der Waals surface area contributed by atoms with Crippen LogP contribution < -0.4 is 10.6 Å². The van der Waals surface area contributed by atoms with E-state index in [2.05, 4.69) is 26.8 Å². The third-order valence-electron chi connectivity index (χ3n) is 6.28. The average molecular weight is 538 g/mol. The summed E-state index contributed by atoms with van der Waals surface area (Å²) < 4.78 is 1.82. The topological polar surface area (TPSA) is 88.9 Å². The Morgan fingerprint density at radius 3 is 2.54 bits per heavy atom. The largest absolute Gasteiger partial charge is 0.352 e. The van der Waals surface area contributed by atoms with E-state index in [0.717, 1.165) is 27.8 Å². The lowest BCUT2D eigenvalue weighted by Crippen LogP contribution is -2.34. The molecule has 0 unspecified atom stereocenters. The van der Waals surface area contributed by atoms with Crippen LogP contribution in [0, 0.1) is 5.41 Å². The molecule has 4 aromatic rings. The van der Waals surface area contributed by atoms with Crippen LogP contribution in [-0.4, -0.2) is 26.6 Å². The molecule has 2 aromatic carbocycles. The zero-order valence-electron chi connectivity index (χ0n) is 20.9. The van der Waals surface area contributed by atoms with E-state index >= 15 is 0 Å². The molecular weight excluding hydrogens is 509 g/mol. The van der Waals surface area contributed by atoms with Gasteiger partial charge in [0.15, 0.2) is 0 Å². The fraction of sp³-hybridized carbons (Fsp3) is 0.286. The maximum absolute atomic E-state index is 13.2. The first kappa shape index (κ1) is 26.6. The first-order chi connectivity index (χ1) is 17.2. The second-order valence-corrected chi connectivity index (χ2v) is 10.6. The lowest BCUT2D eigenvalue weighted by atomic mass is 9.95. The number of aromatic nitrogens is 3. The van der Waals surface area contributed by atoms with Crippen LogP contribution in [-0.2, 0) is 11.3 Å². The summed E-state index contributed by atoms with van der Waals surface area (Å²) in [5.41, 5.74) is 4.11. The van der Waals surface area contributed by atoms with Crippen LogP contribution >= 0.6 is 24.0 Å². The van der Waals surface area contributed by atoms with Gasteiger partial charge in [-0.05, 0) is 54.8 Å². The summed E-state index contributed by atoms with van der Waals surface area (Å²) in [6.07, 6.45) is 5.99. The standard InChI is InChI=1S/C28H28ClN5O2.ClH/c1-28(2,3)27(36)31-14-17-7-11-22(29)20(13-17)26(35)33-24-5-4-6-25-21(24)16-32-34(25)19-10-12-23(30-15-19)18-8-9-18;/h4-7,10-13,15-16,18H,8-9,14H2,1-3H3,(H,31,36)(H,33,35);1H. The summed E-state index contributed by atoms with van der Waals surface area (Å²) >= 11 is 6.36. The van der Waals surface area contributed by atoms with Gasteiger partial charge in [-0.1, -0.05) is 44.5 Å². The van der Waals surface area contributed by atoms with Gasteiger partial charge >= 0.3 is 0 Å². The molecule has 2 N–H and O–H groups in total. The van der Waals surface area contributed by atoms with Crippen molar-refractivity contribution in [2.45, 2.75) is 46.1 Å². The minimum atomic E-state index is -0.495. The SMILES string of the molecule is CC(C)(C)C(=O)NCc1ccc(Cl)c(C(=O)Nc2cccc3c2cnn3-c2ccc(C3CC3)nc2)c1.Cl. The van der Waals surface area contributed by atoms with Crippen LogP contribution in [0.4, 0.5) is 5.69 Å². The quantitative estimate of drug-likeness (QED) is 0.302. The summed E-state index contributed by atoms with van der Waals surface area (Å²) in [4.78, 5) is 30.0. The molecule has 2 heterocycles. The molecule has 2 aromatic heterocycles. The number of pyridine rings is 1. The Morgan fingerprint density at radius 2 is 1.86 bits per heavy atom. The first-order valence-corrected chi connectivity index (χ1v) is 12.4. The second kappa shape index (κ2) is 10.5. The van der Waals surface area contributed by atoms with Gasteiger partial charge in [0.1, 0.15) is 0 Å². The van der Waals surface area contributed by atoms with Gasteiger partial charge in [-0.2, -0.15) is 5.10 Å². The number of halogens is 2. The summed E-state index contributed by atoms with van der Waals surface area (Å²) in [5.74, 6) is 0.194. The van der Waals surface area contributed by atoms with E-state index in [4.69, 9.17) is 11.6 Å². The zero-order valence-corrected chi connectivity index (χ0v) is 22.5. The van der Waals surface area contributed by atoms with Crippen LogP contribution in [0.1, 0.15) is 61.1 Å². The monoisotopic (exact) mass is 537 g/mol. The van der Waals surface area contributed by atoms with E-state index in [0.29, 0.717) is 28.7 Å². The van der Waals surface area contributed by atoms with Crippen molar-refractivity contribution in [3.63, 3.8) is 0 Å². The molecule has 0 aliphatic heterocycles. The number of benzene rings is 2. The van der Waals surface area contributed by atoms with Crippen LogP contribution in [0.5, 0.6) is 0 Å². The molecule has 0 atom stereocenters. The number of rotatable bonds is 6. The number of nitrogens with zero attached hydrogens (tertiary/aromatic N) is 3. The average Bonchev–Trinajstić information content (AvgIpc) is 3.61. The van der Waals surface area contributed by atoms with Crippen LogP contribution in [0.25, 0.3) is 16.6 Å². The Bertz CT molecular complexity index is 1450. The zero-order chi connectivity index (χ0) is 25.4. The molecule has 9 heteroatoms. The minimum Gasteiger partial charge on any atom is -0.352 e. The molecule has 1 saturated carbocycles. The van der Waals surface area contributed by atoms with Gasteiger partial charge < -0.3 is 10.6 Å². The molecule has 2 amide bonds. The third kappa shape index (κ3) is 5.78. The molecule has 0 saturated heterocycles. The Balaban J connectivity index is 0.00000320. The van der Waals surface area contributed by atoms with E-state index in [1.165, 1.54) is 12.8 Å². The molecule has 192 valence electrons. The number of hydrogen-bond donors (Lipinski definition) is 2. The number of anilines is 1. The molecule has 0 spiro atoms. The number of amides is 2. The molecule has 1 aliphatic rings. The highest BCUT2D eigenvalue weighted by molar-refractivity contribution is 6.34. The van der Waals surface area contributed by atoms with Gasteiger partial charge in [0.05, 0.1) is 39.9 Å². The smallest absolute Gasteiger partial charge is 0.257 e. The Kier molecular flexibility index (Phi) is 7.57. The van der Waals surface area contributed by atoms with Crippen molar-refractivity contribution in [3.8, 4) is 5.69 Å². The van der Waals surface area contributed by atoms with E-state index in [1.54, 1.807) is 24.4 Å². The summed E-state index contributed by atoms with van der Waals surface area (Å²) in [7, 11) is 0. The fourth-order valence-electron chi connectivity index (χ4n) is 4.00. The predicted octanol–water partition coefficient (Wildman–Crippen LogP) is 6.29.